The van der Waals surface area contributed by atoms with Gasteiger partial charge in [0.05, 0.1) is 24.4 Å². The largest absolute Gasteiger partial charge is 0.383 e. The van der Waals surface area contributed by atoms with E-state index in [1.54, 1.807) is 7.11 Å². The molecule has 1 aromatic heterocycles. The summed E-state index contributed by atoms with van der Waals surface area (Å²) >= 11 is 0. The highest BCUT2D eigenvalue weighted by molar-refractivity contribution is 5.76. The first-order valence-corrected chi connectivity index (χ1v) is 5.88. The molecule has 0 aliphatic heterocycles. The van der Waals surface area contributed by atoms with Crippen LogP contribution in [0.25, 0.3) is 11.3 Å². The summed E-state index contributed by atoms with van der Waals surface area (Å²) in [6.45, 7) is 0.681. The lowest BCUT2D eigenvalue weighted by Crippen LogP contribution is -2.28. The van der Waals surface area contributed by atoms with E-state index >= 15 is 0 Å². The summed E-state index contributed by atoms with van der Waals surface area (Å²) < 4.78 is 6.19. The third-order valence-corrected chi connectivity index (χ3v) is 2.71. The Morgan fingerprint density at radius 1 is 1.32 bits per heavy atom. The molecule has 1 aromatic carbocycles. The monoisotopic (exact) mass is 258 g/mol. The van der Waals surface area contributed by atoms with E-state index < -0.39 is 5.56 Å². The molecule has 0 aliphatic carbocycles. The molecule has 2 aromatic rings. The maximum Gasteiger partial charge on any atom is 0.277 e. The van der Waals surface area contributed by atoms with Crippen LogP contribution in [0.15, 0.2) is 41.2 Å². The van der Waals surface area contributed by atoms with Crippen LogP contribution in [0, 0.1) is 0 Å². The Kier molecular flexibility index (Phi) is 4.20. The lowest BCUT2D eigenvalue weighted by atomic mass is 10.1. The second-order valence-corrected chi connectivity index (χ2v) is 3.99. The molecule has 0 bridgehead atoms. The Hall–Kier alpha value is -2.27. The second kappa shape index (κ2) is 6.06. The first-order chi connectivity index (χ1) is 9.26. The van der Waals surface area contributed by atoms with Crippen molar-refractivity contribution < 1.29 is 9.53 Å². The number of aldehydes is 1. The maximum absolute atomic E-state index is 11.9. The quantitative estimate of drug-likeness (QED) is 0.760. The van der Waals surface area contributed by atoms with Crippen molar-refractivity contribution in [3.63, 3.8) is 0 Å². The Morgan fingerprint density at radius 3 is 2.68 bits per heavy atom. The predicted molar refractivity (Wildman–Crippen MR) is 71.2 cm³/mol. The van der Waals surface area contributed by atoms with Gasteiger partial charge in [0.1, 0.15) is 0 Å². The molecular formula is C14H14N2O3. The highest BCUT2D eigenvalue weighted by atomic mass is 16.5. The third kappa shape index (κ3) is 2.95. The highest BCUT2D eigenvalue weighted by Gasteiger charge is 2.09. The lowest BCUT2D eigenvalue weighted by Gasteiger charge is -2.08. The number of aromatic nitrogens is 2. The van der Waals surface area contributed by atoms with Crippen LogP contribution < -0.4 is 5.56 Å². The van der Waals surface area contributed by atoms with E-state index in [0.29, 0.717) is 25.1 Å². The standard InChI is InChI=1S/C14H14N2O3/c1-19-8-7-16-14(18)12(10-17)9-13(15-16)11-5-3-2-4-6-11/h2-6,9-10H,7-8H2,1H3. The average molecular weight is 258 g/mol. The number of nitrogens with zero attached hydrogens (tertiary/aromatic N) is 2. The number of rotatable bonds is 5. The molecule has 0 atom stereocenters. The summed E-state index contributed by atoms with van der Waals surface area (Å²) in [5.41, 5.74) is 1.16. The van der Waals surface area contributed by atoms with Gasteiger partial charge in [-0.15, -0.1) is 0 Å². The van der Waals surface area contributed by atoms with Crippen molar-refractivity contribution in [2.75, 3.05) is 13.7 Å². The maximum atomic E-state index is 11.9. The topological polar surface area (TPSA) is 61.2 Å². The molecule has 0 spiro atoms. The fourth-order valence-corrected chi connectivity index (χ4v) is 1.73. The van der Waals surface area contributed by atoms with Crippen molar-refractivity contribution in [2.24, 2.45) is 0 Å². The Labute approximate surface area is 110 Å². The number of benzene rings is 1. The molecule has 1 heterocycles. The van der Waals surface area contributed by atoms with Crippen molar-refractivity contribution in [2.45, 2.75) is 6.54 Å². The van der Waals surface area contributed by atoms with Crippen molar-refractivity contribution in [1.82, 2.24) is 9.78 Å². The van der Waals surface area contributed by atoms with E-state index in [1.165, 1.54) is 10.7 Å². The minimum atomic E-state index is -0.397. The Balaban J connectivity index is 2.51. The van der Waals surface area contributed by atoms with Gasteiger partial charge in [0.25, 0.3) is 5.56 Å². The van der Waals surface area contributed by atoms with Crippen LogP contribution in [0.3, 0.4) is 0 Å². The molecule has 0 unspecified atom stereocenters. The molecule has 0 saturated carbocycles. The van der Waals surface area contributed by atoms with Gasteiger partial charge in [0.15, 0.2) is 6.29 Å². The van der Waals surface area contributed by atoms with Gasteiger partial charge in [-0.1, -0.05) is 30.3 Å². The fourth-order valence-electron chi connectivity index (χ4n) is 1.73. The molecule has 0 saturated heterocycles. The van der Waals surface area contributed by atoms with Crippen molar-refractivity contribution in [3.8, 4) is 11.3 Å². The van der Waals surface area contributed by atoms with Gasteiger partial charge >= 0.3 is 0 Å². The van der Waals surface area contributed by atoms with Gasteiger partial charge < -0.3 is 4.74 Å². The zero-order chi connectivity index (χ0) is 13.7. The van der Waals surface area contributed by atoms with Gasteiger partial charge in [0, 0.05) is 12.7 Å². The van der Waals surface area contributed by atoms with Gasteiger partial charge in [-0.25, -0.2) is 4.68 Å². The van der Waals surface area contributed by atoms with E-state index in [-0.39, 0.29) is 5.56 Å². The first kappa shape index (κ1) is 13.2. The number of hydrogen-bond acceptors (Lipinski definition) is 4. The van der Waals surface area contributed by atoms with E-state index in [1.807, 2.05) is 30.3 Å². The van der Waals surface area contributed by atoms with Gasteiger partial charge in [-0.3, -0.25) is 9.59 Å². The number of methoxy groups -OCH3 is 1. The minimum Gasteiger partial charge on any atom is -0.383 e. The molecule has 5 nitrogen and oxygen atoms in total. The Bertz CT molecular complexity index is 620. The van der Waals surface area contributed by atoms with Gasteiger partial charge in [-0.2, -0.15) is 5.10 Å². The normalized spacial score (nSPS) is 10.4. The smallest absolute Gasteiger partial charge is 0.277 e. The second-order valence-electron chi connectivity index (χ2n) is 3.99. The molecule has 0 amide bonds. The number of ether oxygens (including phenoxy) is 1. The van der Waals surface area contributed by atoms with Crippen molar-refractivity contribution in [3.05, 3.63) is 52.3 Å². The van der Waals surface area contributed by atoms with E-state index in [0.717, 1.165) is 5.56 Å². The lowest BCUT2D eigenvalue weighted by molar-refractivity contribution is 0.112. The van der Waals surface area contributed by atoms with Crippen LogP contribution in [-0.4, -0.2) is 29.8 Å². The van der Waals surface area contributed by atoms with Crippen LogP contribution in [-0.2, 0) is 11.3 Å². The Morgan fingerprint density at radius 2 is 2.05 bits per heavy atom. The number of hydrogen-bond donors (Lipinski definition) is 0. The molecule has 0 fully saturated rings. The molecule has 19 heavy (non-hydrogen) atoms. The zero-order valence-corrected chi connectivity index (χ0v) is 10.6. The number of carbonyl (C=O) groups is 1. The van der Waals surface area contributed by atoms with Crippen molar-refractivity contribution in [1.29, 1.82) is 0 Å². The average Bonchev–Trinajstić information content (AvgIpc) is 2.47. The van der Waals surface area contributed by atoms with Gasteiger partial charge in [-0.05, 0) is 6.07 Å². The van der Waals surface area contributed by atoms with Crippen LogP contribution >= 0.6 is 0 Å². The molecular weight excluding hydrogens is 244 g/mol. The summed E-state index contributed by atoms with van der Waals surface area (Å²) in [5, 5.41) is 4.25. The third-order valence-electron chi connectivity index (χ3n) is 2.71. The summed E-state index contributed by atoms with van der Waals surface area (Å²) in [7, 11) is 1.55. The predicted octanol–water partition coefficient (Wildman–Crippen LogP) is 1.37. The first-order valence-electron chi connectivity index (χ1n) is 5.88. The van der Waals surface area contributed by atoms with Crippen LogP contribution in [0.2, 0.25) is 0 Å². The molecule has 5 heteroatoms. The summed E-state index contributed by atoms with van der Waals surface area (Å²) in [6, 6.07) is 10.9. The molecule has 2 rings (SSSR count). The van der Waals surface area contributed by atoms with E-state index in [2.05, 4.69) is 5.10 Å². The van der Waals surface area contributed by atoms with Crippen LogP contribution in [0.1, 0.15) is 10.4 Å². The van der Waals surface area contributed by atoms with Crippen LogP contribution in [0.5, 0.6) is 0 Å². The molecule has 0 radical (unpaired) electrons. The fraction of sp³-hybridized carbons (Fsp3) is 0.214. The molecule has 0 N–H and O–H groups in total. The zero-order valence-electron chi connectivity index (χ0n) is 10.6. The van der Waals surface area contributed by atoms with E-state index in [4.69, 9.17) is 4.74 Å². The summed E-state index contributed by atoms with van der Waals surface area (Å²) in [5.74, 6) is 0. The molecule has 0 aliphatic rings. The van der Waals surface area contributed by atoms with Gasteiger partial charge in [0.2, 0.25) is 0 Å². The SMILES string of the molecule is COCCn1nc(-c2ccccc2)cc(C=O)c1=O. The van der Waals surface area contributed by atoms with Crippen molar-refractivity contribution >= 4 is 6.29 Å². The highest BCUT2D eigenvalue weighted by Crippen LogP contribution is 2.15. The van der Waals surface area contributed by atoms with E-state index in [9.17, 15) is 9.59 Å². The number of carbonyl (C=O) groups excluding carboxylic acids is 1. The minimum absolute atomic E-state index is 0.102. The molecule has 98 valence electrons. The van der Waals surface area contributed by atoms with Crippen LogP contribution in [0.4, 0.5) is 0 Å². The summed E-state index contributed by atoms with van der Waals surface area (Å²) in [4.78, 5) is 22.9. The summed E-state index contributed by atoms with van der Waals surface area (Å²) in [6.07, 6.45) is 0.555.